The Morgan fingerprint density at radius 2 is 1.70 bits per heavy atom. The van der Waals surface area contributed by atoms with Gasteiger partial charge < -0.3 is 9.50 Å². The Kier molecular flexibility index (Phi) is 4.74. The maximum Gasteiger partial charge on any atom is 0.488 e. The lowest BCUT2D eigenvalue weighted by Gasteiger charge is -2.14. The van der Waals surface area contributed by atoms with E-state index >= 15 is 0 Å². The molecular formula is C13H11FN2O6S. The highest BCUT2D eigenvalue weighted by molar-refractivity contribution is 7.81. The Bertz CT molecular complexity index is 754. The van der Waals surface area contributed by atoms with Gasteiger partial charge in [0.15, 0.2) is 0 Å². The molecule has 0 aromatic heterocycles. The van der Waals surface area contributed by atoms with Gasteiger partial charge in [-0.05, 0) is 24.3 Å². The number of nitrogens with zero attached hydrogens (tertiary/aromatic N) is 1. The molecular weight excluding hydrogens is 331 g/mol. The average Bonchev–Trinajstić information content (AvgIpc) is 2.78. The van der Waals surface area contributed by atoms with Gasteiger partial charge in [-0.3, -0.25) is 19.3 Å². The average molecular weight is 342 g/mol. The van der Waals surface area contributed by atoms with Gasteiger partial charge in [0.2, 0.25) is 0 Å². The summed E-state index contributed by atoms with van der Waals surface area (Å²) in [5, 5.41) is 2.49. The smallest absolute Gasteiger partial charge is 0.358 e. The van der Waals surface area contributed by atoms with Crippen LogP contribution in [-0.2, 0) is 20.1 Å². The first-order chi connectivity index (χ1) is 10.8. The molecule has 1 aliphatic heterocycles. The SMILES string of the molecule is O=C(NCCN1C(=O)C=CC1=O)c1ccc(OS(=O)(=O)F)cc1. The summed E-state index contributed by atoms with van der Waals surface area (Å²) in [5.41, 5.74) is 0.172. The van der Waals surface area contributed by atoms with Gasteiger partial charge in [0.1, 0.15) is 5.75 Å². The lowest BCUT2D eigenvalue weighted by Crippen LogP contribution is -2.38. The summed E-state index contributed by atoms with van der Waals surface area (Å²) in [5.74, 6) is -1.67. The van der Waals surface area contributed by atoms with Crippen LogP contribution in [0.2, 0.25) is 0 Å². The van der Waals surface area contributed by atoms with Crippen molar-refractivity contribution in [2.45, 2.75) is 0 Å². The number of nitrogens with one attached hydrogen (secondary N) is 1. The van der Waals surface area contributed by atoms with Crippen molar-refractivity contribution >= 4 is 28.2 Å². The second kappa shape index (κ2) is 6.57. The zero-order chi connectivity index (χ0) is 17.0. The van der Waals surface area contributed by atoms with Gasteiger partial charge in [-0.1, -0.05) is 3.89 Å². The largest absolute Gasteiger partial charge is 0.488 e. The molecule has 1 aromatic rings. The molecule has 3 amide bonds. The van der Waals surface area contributed by atoms with Gasteiger partial charge in [-0.2, -0.15) is 8.42 Å². The molecule has 0 aliphatic carbocycles. The van der Waals surface area contributed by atoms with E-state index in [1.165, 1.54) is 12.1 Å². The summed E-state index contributed by atoms with van der Waals surface area (Å²) in [6.45, 7) is 0.0762. The van der Waals surface area contributed by atoms with E-state index in [9.17, 15) is 26.7 Å². The summed E-state index contributed by atoms with van der Waals surface area (Å²) in [4.78, 5) is 35.4. The van der Waals surface area contributed by atoms with Crippen molar-refractivity contribution in [3.63, 3.8) is 0 Å². The van der Waals surface area contributed by atoms with Crippen molar-refractivity contribution in [1.82, 2.24) is 10.2 Å². The first kappa shape index (κ1) is 16.6. The quantitative estimate of drug-likeness (QED) is 0.573. The fourth-order valence-electron chi connectivity index (χ4n) is 1.81. The zero-order valence-corrected chi connectivity index (χ0v) is 12.4. The van der Waals surface area contributed by atoms with Gasteiger partial charge >= 0.3 is 10.5 Å². The third-order valence-corrected chi connectivity index (χ3v) is 3.23. The normalized spacial score (nSPS) is 14.2. The van der Waals surface area contributed by atoms with Gasteiger partial charge in [-0.15, -0.1) is 0 Å². The van der Waals surface area contributed by atoms with E-state index < -0.39 is 28.2 Å². The number of imide groups is 1. The first-order valence-corrected chi connectivity index (χ1v) is 7.63. The van der Waals surface area contributed by atoms with Crippen molar-refractivity contribution < 1.29 is 30.9 Å². The second-order valence-corrected chi connectivity index (χ2v) is 5.37. The highest BCUT2D eigenvalue weighted by atomic mass is 32.3. The topological polar surface area (TPSA) is 110 Å². The molecule has 0 saturated heterocycles. The molecule has 1 heterocycles. The van der Waals surface area contributed by atoms with Crippen molar-refractivity contribution in [2.24, 2.45) is 0 Å². The molecule has 0 saturated carbocycles. The van der Waals surface area contributed by atoms with Crippen LogP contribution in [0.4, 0.5) is 3.89 Å². The molecule has 1 aliphatic rings. The molecule has 2 rings (SSSR count). The summed E-state index contributed by atoms with van der Waals surface area (Å²) < 4.78 is 36.9. The summed E-state index contributed by atoms with van der Waals surface area (Å²) in [6.07, 6.45) is 2.28. The number of carbonyl (C=O) groups is 3. The van der Waals surface area contributed by atoms with Gasteiger partial charge in [0.25, 0.3) is 17.7 Å². The van der Waals surface area contributed by atoms with Crippen LogP contribution in [0, 0.1) is 0 Å². The maximum absolute atomic E-state index is 12.3. The minimum Gasteiger partial charge on any atom is -0.358 e. The van der Waals surface area contributed by atoms with E-state index in [2.05, 4.69) is 9.50 Å². The number of hydrogen-bond acceptors (Lipinski definition) is 6. The van der Waals surface area contributed by atoms with E-state index in [1.807, 2.05) is 0 Å². The van der Waals surface area contributed by atoms with E-state index in [0.29, 0.717) is 0 Å². The third-order valence-electron chi connectivity index (χ3n) is 2.83. The van der Waals surface area contributed by atoms with Crippen molar-refractivity contribution in [1.29, 1.82) is 0 Å². The van der Waals surface area contributed by atoms with Gasteiger partial charge in [-0.25, -0.2) is 0 Å². The molecule has 122 valence electrons. The summed E-state index contributed by atoms with van der Waals surface area (Å²) in [7, 11) is -5.12. The van der Waals surface area contributed by atoms with E-state index in [4.69, 9.17) is 0 Å². The molecule has 0 bridgehead atoms. The van der Waals surface area contributed by atoms with Crippen LogP contribution in [0.15, 0.2) is 36.4 Å². The Morgan fingerprint density at radius 1 is 1.13 bits per heavy atom. The van der Waals surface area contributed by atoms with E-state index in [1.54, 1.807) is 0 Å². The third kappa shape index (κ3) is 4.61. The standard InChI is InChI=1S/C13H11FN2O6S/c14-23(20,21)22-10-3-1-9(2-4-10)13(19)15-7-8-16-11(17)5-6-12(16)18/h1-6H,7-8H2,(H,15,19). The highest BCUT2D eigenvalue weighted by Gasteiger charge is 2.22. The zero-order valence-electron chi connectivity index (χ0n) is 11.6. The van der Waals surface area contributed by atoms with Gasteiger partial charge in [0, 0.05) is 30.8 Å². The molecule has 0 unspecified atom stereocenters. The van der Waals surface area contributed by atoms with Gasteiger partial charge in [0.05, 0.1) is 0 Å². The first-order valence-electron chi connectivity index (χ1n) is 6.32. The van der Waals surface area contributed by atoms with Crippen LogP contribution >= 0.6 is 0 Å². The van der Waals surface area contributed by atoms with E-state index in [-0.39, 0.29) is 24.4 Å². The Balaban J connectivity index is 1.86. The van der Waals surface area contributed by atoms with Crippen LogP contribution in [-0.4, -0.2) is 44.1 Å². The number of rotatable bonds is 6. The molecule has 0 atom stereocenters. The fourth-order valence-corrected chi connectivity index (χ4v) is 2.15. The molecule has 23 heavy (non-hydrogen) atoms. The van der Waals surface area contributed by atoms with Crippen LogP contribution in [0.5, 0.6) is 5.75 Å². The summed E-state index contributed by atoms with van der Waals surface area (Å²) >= 11 is 0. The molecule has 0 radical (unpaired) electrons. The Morgan fingerprint density at radius 3 is 2.22 bits per heavy atom. The minimum atomic E-state index is -5.12. The fraction of sp³-hybridized carbons (Fsp3) is 0.154. The molecule has 1 aromatic carbocycles. The van der Waals surface area contributed by atoms with Crippen LogP contribution in [0.25, 0.3) is 0 Å². The molecule has 0 spiro atoms. The van der Waals surface area contributed by atoms with E-state index in [0.717, 1.165) is 29.2 Å². The van der Waals surface area contributed by atoms with Crippen molar-refractivity contribution in [2.75, 3.05) is 13.1 Å². The van der Waals surface area contributed by atoms with Crippen molar-refractivity contribution in [3.05, 3.63) is 42.0 Å². The Hall–Kier alpha value is -2.75. The lowest BCUT2D eigenvalue weighted by molar-refractivity contribution is -0.136. The van der Waals surface area contributed by atoms with Crippen LogP contribution in [0.1, 0.15) is 10.4 Å². The minimum absolute atomic E-state index is 0.0255. The second-order valence-electron chi connectivity index (χ2n) is 4.42. The maximum atomic E-state index is 12.3. The molecule has 0 fully saturated rings. The number of halogens is 1. The lowest BCUT2D eigenvalue weighted by atomic mass is 10.2. The number of amides is 3. The molecule has 1 N–H and O–H groups in total. The Labute approximate surface area is 130 Å². The number of benzene rings is 1. The van der Waals surface area contributed by atoms with Crippen LogP contribution in [0.3, 0.4) is 0 Å². The molecule has 8 nitrogen and oxygen atoms in total. The number of hydrogen-bond donors (Lipinski definition) is 1. The highest BCUT2D eigenvalue weighted by Crippen LogP contribution is 2.15. The summed E-state index contributed by atoms with van der Waals surface area (Å²) in [6, 6.07) is 4.71. The predicted octanol–water partition coefficient (Wildman–Crippen LogP) is -0.0655. The monoisotopic (exact) mass is 342 g/mol. The van der Waals surface area contributed by atoms with Crippen molar-refractivity contribution in [3.8, 4) is 5.75 Å². The van der Waals surface area contributed by atoms with Crippen LogP contribution < -0.4 is 9.50 Å². The number of carbonyl (C=O) groups excluding carboxylic acids is 3. The molecule has 10 heteroatoms. The predicted molar refractivity (Wildman–Crippen MR) is 75.3 cm³/mol.